The number of ether oxygens (including phenoxy) is 4. The van der Waals surface area contributed by atoms with Gasteiger partial charge in [-0.3, -0.25) is 0 Å². The quantitative estimate of drug-likeness (QED) is 0.419. The van der Waals surface area contributed by atoms with Crippen LogP contribution >= 0.6 is 0 Å². The van der Waals surface area contributed by atoms with E-state index in [2.05, 4.69) is 15.1 Å². The summed E-state index contributed by atoms with van der Waals surface area (Å²) in [6.07, 6.45) is 2.26. The van der Waals surface area contributed by atoms with Crippen LogP contribution in [0.5, 0.6) is 23.3 Å². The number of piperidine rings is 1. The third-order valence-electron chi connectivity index (χ3n) is 5.38. The van der Waals surface area contributed by atoms with Crippen molar-refractivity contribution in [3.63, 3.8) is 0 Å². The smallest absolute Gasteiger partial charge is 0.410 e. The highest BCUT2D eigenvalue weighted by Gasteiger charge is 2.26. The Kier molecular flexibility index (Phi) is 8.50. The highest BCUT2D eigenvalue weighted by molar-refractivity contribution is 5.98. The molecule has 0 spiro atoms. The lowest BCUT2D eigenvalue weighted by atomic mass is 10.1. The molecule has 0 atom stereocenters. The van der Waals surface area contributed by atoms with E-state index in [-0.39, 0.29) is 18.3 Å². The van der Waals surface area contributed by atoms with Crippen LogP contribution in [0.2, 0.25) is 0 Å². The maximum Gasteiger partial charge on any atom is 0.410 e. The molecule has 34 heavy (non-hydrogen) atoms. The predicted octanol–water partition coefficient (Wildman–Crippen LogP) is 3.99. The number of hydrogen-bond donors (Lipinski definition) is 0. The van der Waals surface area contributed by atoms with Crippen LogP contribution < -0.4 is 19.0 Å². The van der Waals surface area contributed by atoms with Crippen LogP contribution in [0.25, 0.3) is 0 Å². The van der Waals surface area contributed by atoms with E-state index in [1.807, 2.05) is 45.9 Å². The minimum atomic E-state index is -0.287. The molecule has 10 heteroatoms. The third kappa shape index (κ3) is 6.27. The molecule has 0 N–H and O–H groups in total. The van der Waals surface area contributed by atoms with Crippen molar-refractivity contribution >= 4 is 11.8 Å². The summed E-state index contributed by atoms with van der Waals surface area (Å²) in [5.74, 6) is 1.98. The second-order valence-electron chi connectivity index (χ2n) is 8.18. The predicted molar refractivity (Wildman–Crippen MR) is 126 cm³/mol. The molecule has 1 aromatic heterocycles. The molecule has 0 saturated carbocycles. The van der Waals surface area contributed by atoms with Gasteiger partial charge < -0.3 is 28.7 Å². The molecular formula is C24H32N4O6. The number of nitrogens with zero attached hydrogens (tertiary/aromatic N) is 4. The molecule has 184 valence electrons. The van der Waals surface area contributed by atoms with Crippen molar-refractivity contribution in [3.8, 4) is 23.3 Å². The molecule has 1 aliphatic heterocycles. The second-order valence-corrected chi connectivity index (χ2v) is 8.18. The summed E-state index contributed by atoms with van der Waals surface area (Å²) in [5, 5.41) is 4.21. The number of likely N-dealkylation sites (tertiary alicyclic amines) is 1. The van der Waals surface area contributed by atoms with Crippen LogP contribution in [-0.4, -0.2) is 66.2 Å². The highest BCUT2D eigenvalue weighted by Crippen LogP contribution is 2.29. The number of aromatic nitrogens is 2. The Morgan fingerprint density at radius 1 is 1.09 bits per heavy atom. The molecule has 0 radical (unpaired) electrons. The molecule has 1 saturated heterocycles. The van der Waals surface area contributed by atoms with Crippen LogP contribution in [0.3, 0.4) is 0 Å². The third-order valence-corrected chi connectivity index (χ3v) is 5.38. The summed E-state index contributed by atoms with van der Waals surface area (Å²) in [6, 6.07) is 5.50. The summed E-state index contributed by atoms with van der Waals surface area (Å²) >= 11 is 0. The Morgan fingerprint density at radius 3 is 2.41 bits per heavy atom. The van der Waals surface area contributed by atoms with Gasteiger partial charge in [-0.15, -0.1) is 0 Å². The Morgan fingerprint density at radius 2 is 1.76 bits per heavy atom. The van der Waals surface area contributed by atoms with Gasteiger partial charge in [0.15, 0.2) is 11.5 Å². The SMILES string of the molecule is COc1ccc(/C(C)=N\Oc2ncnc(OC3CCN(C(=O)OC(C)C)CC3)c2C)cc1OC. The van der Waals surface area contributed by atoms with Crippen LogP contribution in [0, 0.1) is 6.92 Å². The minimum absolute atomic E-state index is 0.0680. The van der Waals surface area contributed by atoms with Gasteiger partial charge >= 0.3 is 6.09 Å². The van der Waals surface area contributed by atoms with Crippen molar-refractivity contribution in [2.24, 2.45) is 5.16 Å². The number of hydrogen-bond acceptors (Lipinski definition) is 9. The van der Waals surface area contributed by atoms with Gasteiger partial charge in [0.2, 0.25) is 5.88 Å². The summed E-state index contributed by atoms with van der Waals surface area (Å²) < 4.78 is 22.0. The molecule has 1 fully saturated rings. The number of amides is 1. The summed E-state index contributed by atoms with van der Waals surface area (Å²) in [5.41, 5.74) is 2.11. The summed E-state index contributed by atoms with van der Waals surface area (Å²) in [4.78, 5) is 27.8. The summed E-state index contributed by atoms with van der Waals surface area (Å²) in [7, 11) is 3.17. The van der Waals surface area contributed by atoms with Crippen molar-refractivity contribution in [2.75, 3.05) is 27.3 Å². The largest absolute Gasteiger partial charge is 0.493 e. The molecule has 2 heterocycles. The number of methoxy groups -OCH3 is 2. The van der Waals surface area contributed by atoms with Crippen LogP contribution in [0.1, 0.15) is 44.7 Å². The Balaban J connectivity index is 1.62. The first-order valence-electron chi connectivity index (χ1n) is 11.2. The number of benzene rings is 1. The van der Waals surface area contributed by atoms with Gasteiger partial charge in [0, 0.05) is 31.5 Å². The van der Waals surface area contributed by atoms with E-state index in [9.17, 15) is 4.79 Å². The van der Waals surface area contributed by atoms with Gasteiger partial charge in [0.1, 0.15) is 12.4 Å². The summed E-state index contributed by atoms with van der Waals surface area (Å²) in [6.45, 7) is 8.46. The fourth-order valence-electron chi connectivity index (χ4n) is 3.45. The number of oxime groups is 1. The number of carbonyl (C=O) groups is 1. The van der Waals surface area contributed by atoms with E-state index in [1.54, 1.807) is 19.1 Å². The van der Waals surface area contributed by atoms with Gasteiger partial charge in [-0.2, -0.15) is 4.98 Å². The van der Waals surface area contributed by atoms with Gasteiger partial charge in [0.05, 0.1) is 31.6 Å². The topological polar surface area (TPSA) is 105 Å². The lowest BCUT2D eigenvalue weighted by Crippen LogP contribution is -2.42. The molecular weight excluding hydrogens is 440 g/mol. The molecule has 0 aliphatic carbocycles. The minimum Gasteiger partial charge on any atom is -0.493 e. The molecule has 1 amide bonds. The standard InChI is InChI=1S/C24H32N4O6/c1-15(2)32-24(29)28-11-9-19(10-12-28)33-22-16(3)23(26-14-25-22)34-27-17(4)18-7-8-20(30-5)21(13-18)31-6/h7-8,13-15,19H,9-12H2,1-6H3/b27-17-. The first-order chi connectivity index (χ1) is 16.3. The van der Waals surface area contributed by atoms with E-state index in [0.717, 1.165) is 5.56 Å². The monoisotopic (exact) mass is 472 g/mol. The first-order valence-corrected chi connectivity index (χ1v) is 11.2. The van der Waals surface area contributed by atoms with Crippen LogP contribution in [0.4, 0.5) is 4.79 Å². The Bertz CT molecular complexity index is 1020. The van der Waals surface area contributed by atoms with E-state index < -0.39 is 0 Å². The normalized spacial score (nSPS) is 14.7. The maximum atomic E-state index is 12.1. The molecule has 0 unspecified atom stereocenters. The zero-order chi connectivity index (χ0) is 24.7. The highest BCUT2D eigenvalue weighted by atomic mass is 16.6. The maximum absolute atomic E-state index is 12.1. The van der Waals surface area contributed by atoms with E-state index in [0.29, 0.717) is 60.5 Å². The van der Waals surface area contributed by atoms with Gasteiger partial charge in [-0.1, -0.05) is 5.16 Å². The molecule has 10 nitrogen and oxygen atoms in total. The number of carbonyl (C=O) groups excluding carboxylic acids is 1. The zero-order valence-electron chi connectivity index (χ0n) is 20.5. The molecule has 1 aromatic carbocycles. The van der Waals surface area contributed by atoms with Crippen molar-refractivity contribution in [1.29, 1.82) is 0 Å². The molecule has 2 aromatic rings. The van der Waals surface area contributed by atoms with Crippen molar-refractivity contribution in [1.82, 2.24) is 14.9 Å². The average Bonchev–Trinajstić information content (AvgIpc) is 2.83. The van der Waals surface area contributed by atoms with Gasteiger partial charge in [-0.25, -0.2) is 9.78 Å². The second kappa shape index (κ2) is 11.5. The van der Waals surface area contributed by atoms with E-state index >= 15 is 0 Å². The molecule has 0 bridgehead atoms. The zero-order valence-corrected chi connectivity index (χ0v) is 20.5. The average molecular weight is 473 g/mol. The fourth-order valence-corrected chi connectivity index (χ4v) is 3.45. The van der Waals surface area contributed by atoms with Crippen molar-refractivity contribution in [2.45, 2.75) is 52.7 Å². The van der Waals surface area contributed by atoms with Gasteiger partial charge in [-0.05, 0) is 45.9 Å². The van der Waals surface area contributed by atoms with Crippen LogP contribution in [0.15, 0.2) is 29.7 Å². The van der Waals surface area contributed by atoms with Crippen LogP contribution in [-0.2, 0) is 4.74 Å². The van der Waals surface area contributed by atoms with Crippen molar-refractivity contribution < 1.29 is 28.6 Å². The molecule has 1 aliphatic rings. The van der Waals surface area contributed by atoms with Gasteiger partial charge in [0.25, 0.3) is 5.88 Å². The fraction of sp³-hybridized carbons (Fsp3) is 0.500. The lowest BCUT2D eigenvalue weighted by molar-refractivity contribution is 0.0504. The first kappa shape index (κ1) is 25.1. The van der Waals surface area contributed by atoms with E-state index in [4.69, 9.17) is 23.8 Å². The Labute approximate surface area is 199 Å². The van der Waals surface area contributed by atoms with Crippen molar-refractivity contribution in [3.05, 3.63) is 35.7 Å². The Hall–Kier alpha value is -3.56. The number of rotatable bonds is 8. The lowest BCUT2D eigenvalue weighted by Gasteiger charge is -2.31. The van der Waals surface area contributed by atoms with E-state index in [1.165, 1.54) is 6.33 Å². The molecule has 3 rings (SSSR count).